The highest BCUT2D eigenvalue weighted by Gasteiger charge is 2.18. The molecule has 2 N–H and O–H groups in total. The van der Waals surface area contributed by atoms with Crippen molar-refractivity contribution in [3.05, 3.63) is 52.1 Å². The normalized spacial score (nSPS) is 11.1. The quantitative estimate of drug-likeness (QED) is 0.862. The fourth-order valence-corrected chi connectivity index (χ4v) is 3.01. The van der Waals surface area contributed by atoms with Crippen LogP contribution >= 0.6 is 15.9 Å². The van der Waals surface area contributed by atoms with E-state index in [0.717, 1.165) is 11.6 Å². The molecule has 0 saturated carbocycles. The molecule has 0 spiro atoms. The van der Waals surface area contributed by atoms with Crippen LogP contribution in [0.5, 0.6) is 0 Å². The summed E-state index contributed by atoms with van der Waals surface area (Å²) >= 11 is 3.06. The minimum atomic E-state index is -3.90. The van der Waals surface area contributed by atoms with Gasteiger partial charge < -0.3 is 5.11 Å². The Balaban J connectivity index is 2.38. The Labute approximate surface area is 130 Å². The Morgan fingerprint density at radius 1 is 1.29 bits per heavy atom. The maximum atomic E-state index is 12.2. The molecule has 2 rings (SSSR count). The predicted octanol–water partition coefficient (Wildman–Crippen LogP) is 2.65. The third kappa shape index (κ3) is 3.59. The Morgan fingerprint density at radius 3 is 2.57 bits per heavy atom. The van der Waals surface area contributed by atoms with Crippen molar-refractivity contribution in [2.24, 2.45) is 0 Å². The van der Waals surface area contributed by atoms with Gasteiger partial charge >= 0.3 is 5.97 Å². The molecule has 0 amide bonds. The van der Waals surface area contributed by atoms with Crippen LogP contribution in [0.4, 0.5) is 5.82 Å². The number of anilines is 1. The molecule has 21 heavy (non-hydrogen) atoms. The average molecular weight is 371 g/mol. The van der Waals surface area contributed by atoms with E-state index in [4.69, 9.17) is 5.11 Å². The van der Waals surface area contributed by atoms with E-state index in [2.05, 4.69) is 25.6 Å². The SMILES string of the molecule is Cc1ccc(NS(=O)(=O)c2ccc(Br)c(C(=O)O)c2)nc1. The molecule has 0 fully saturated rings. The number of halogens is 1. The van der Waals surface area contributed by atoms with Gasteiger partial charge in [-0.05, 0) is 52.7 Å². The minimum absolute atomic E-state index is 0.130. The molecule has 0 aliphatic rings. The van der Waals surface area contributed by atoms with Crippen molar-refractivity contribution in [3.63, 3.8) is 0 Å². The molecule has 1 aromatic carbocycles. The lowest BCUT2D eigenvalue weighted by Gasteiger charge is -2.09. The zero-order valence-corrected chi connectivity index (χ0v) is 13.3. The summed E-state index contributed by atoms with van der Waals surface area (Å²) in [5.41, 5.74) is 0.768. The van der Waals surface area contributed by atoms with Crippen molar-refractivity contribution in [1.29, 1.82) is 0 Å². The molecule has 2 aromatic rings. The summed E-state index contributed by atoms with van der Waals surface area (Å²) in [5, 5.41) is 9.02. The Morgan fingerprint density at radius 2 is 2.00 bits per heavy atom. The van der Waals surface area contributed by atoms with Crippen LogP contribution in [0.15, 0.2) is 45.9 Å². The molecule has 110 valence electrons. The van der Waals surface area contributed by atoms with Crippen LogP contribution in [0.25, 0.3) is 0 Å². The molecule has 1 heterocycles. The Hall–Kier alpha value is -1.93. The lowest BCUT2D eigenvalue weighted by Crippen LogP contribution is -2.14. The number of benzene rings is 1. The summed E-state index contributed by atoms with van der Waals surface area (Å²) in [6.45, 7) is 1.83. The van der Waals surface area contributed by atoms with Crippen LogP contribution in [0.2, 0.25) is 0 Å². The lowest BCUT2D eigenvalue weighted by atomic mass is 10.2. The van der Waals surface area contributed by atoms with Crippen molar-refractivity contribution in [3.8, 4) is 0 Å². The molecule has 1 aromatic heterocycles. The van der Waals surface area contributed by atoms with Crippen LogP contribution in [0.1, 0.15) is 15.9 Å². The Bertz CT molecular complexity index is 788. The fraction of sp³-hybridized carbons (Fsp3) is 0.0769. The molecular weight excluding hydrogens is 360 g/mol. The minimum Gasteiger partial charge on any atom is -0.478 e. The summed E-state index contributed by atoms with van der Waals surface area (Å²) in [5.74, 6) is -1.05. The number of aromatic nitrogens is 1. The van der Waals surface area contributed by atoms with Gasteiger partial charge in [0.2, 0.25) is 0 Å². The van der Waals surface area contributed by atoms with Crippen LogP contribution < -0.4 is 4.72 Å². The number of nitrogens with one attached hydrogen (secondary N) is 1. The fourth-order valence-electron chi connectivity index (χ4n) is 1.56. The maximum Gasteiger partial charge on any atom is 0.336 e. The van der Waals surface area contributed by atoms with E-state index < -0.39 is 16.0 Å². The second-order valence-electron chi connectivity index (χ2n) is 4.27. The van der Waals surface area contributed by atoms with Crippen molar-refractivity contribution in [1.82, 2.24) is 4.98 Å². The largest absolute Gasteiger partial charge is 0.478 e. The highest BCUT2D eigenvalue weighted by atomic mass is 79.9. The zero-order chi connectivity index (χ0) is 15.6. The van der Waals surface area contributed by atoms with E-state index in [0.29, 0.717) is 4.47 Å². The van der Waals surface area contributed by atoms with E-state index in [1.807, 2.05) is 6.92 Å². The molecule has 0 saturated heterocycles. The van der Waals surface area contributed by atoms with E-state index in [-0.39, 0.29) is 16.3 Å². The van der Waals surface area contributed by atoms with Gasteiger partial charge in [-0.2, -0.15) is 0 Å². The van der Waals surface area contributed by atoms with Gasteiger partial charge in [-0.15, -0.1) is 0 Å². The first kappa shape index (κ1) is 15.5. The smallest absolute Gasteiger partial charge is 0.336 e. The van der Waals surface area contributed by atoms with Gasteiger partial charge in [0.25, 0.3) is 10.0 Å². The summed E-state index contributed by atoms with van der Waals surface area (Å²) < 4.78 is 27.0. The van der Waals surface area contributed by atoms with E-state index >= 15 is 0 Å². The van der Waals surface area contributed by atoms with Gasteiger partial charge in [0.15, 0.2) is 0 Å². The van der Waals surface area contributed by atoms with Crippen LogP contribution in [-0.4, -0.2) is 24.5 Å². The van der Waals surface area contributed by atoms with Crippen LogP contribution in [0, 0.1) is 6.92 Å². The molecule has 0 radical (unpaired) electrons. The zero-order valence-electron chi connectivity index (χ0n) is 10.9. The molecule has 8 heteroatoms. The molecule has 0 aliphatic carbocycles. The van der Waals surface area contributed by atoms with Crippen molar-refractivity contribution < 1.29 is 18.3 Å². The number of carboxylic acid groups (broad SMARTS) is 1. The van der Waals surface area contributed by atoms with E-state index in [1.54, 1.807) is 6.07 Å². The van der Waals surface area contributed by atoms with Gasteiger partial charge in [-0.25, -0.2) is 18.2 Å². The monoisotopic (exact) mass is 370 g/mol. The number of nitrogens with zero attached hydrogens (tertiary/aromatic N) is 1. The summed E-state index contributed by atoms with van der Waals surface area (Å²) in [6, 6.07) is 7.02. The first-order chi connectivity index (χ1) is 9.79. The van der Waals surface area contributed by atoms with Gasteiger partial charge in [0.05, 0.1) is 10.5 Å². The predicted molar refractivity (Wildman–Crippen MR) is 80.9 cm³/mol. The van der Waals surface area contributed by atoms with Crippen molar-refractivity contribution >= 4 is 37.7 Å². The number of carboxylic acids is 1. The number of rotatable bonds is 4. The molecular formula is C13H11BrN2O4S. The number of pyridine rings is 1. The molecule has 0 bridgehead atoms. The number of hydrogen-bond acceptors (Lipinski definition) is 4. The first-order valence-corrected chi connectivity index (χ1v) is 8.05. The van der Waals surface area contributed by atoms with Gasteiger partial charge in [0.1, 0.15) is 5.82 Å². The highest BCUT2D eigenvalue weighted by Crippen LogP contribution is 2.22. The van der Waals surface area contributed by atoms with Gasteiger partial charge in [-0.1, -0.05) is 6.07 Å². The van der Waals surface area contributed by atoms with E-state index in [9.17, 15) is 13.2 Å². The summed E-state index contributed by atoms with van der Waals surface area (Å²) in [6.07, 6.45) is 1.53. The summed E-state index contributed by atoms with van der Waals surface area (Å²) in [4.78, 5) is 14.8. The molecule has 0 atom stereocenters. The van der Waals surface area contributed by atoms with Gasteiger partial charge in [-0.3, -0.25) is 4.72 Å². The first-order valence-electron chi connectivity index (χ1n) is 5.78. The second kappa shape index (κ2) is 5.82. The van der Waals surface area contributed by atoms with Crippen LogP contribution in [-0.2, 0) is 10.0 Å². The topological polar surface area (TPSA) is 96.4 Å². The second-order valence-corrected chi connectivity index (χ2v) is 6.81. The third-order valence-corrected chi connectivity index (χ3v) is 4.67. The highest BCUT2D eigenvalue weighted by molar-refractivity contribution is 9.10. The van der Waals surface area contributed by atoms with Crippen LogP contribution in [0.3, 0.4) is 0 Å². The maximum absolute atomic E-state index is 12.2. The molecule has 0 aliphatic heterocycles. The van der Waals surface area contributed by atoms with Crippen molar-refractivity contribution in [2.75, 3.05) is 4.72 Å². The number of sulfonamides is 1. The summed E-state index contributed by atoms with van der Waals surface area (Å²) in [7, 11) is -3.90. The molecule has 0 unspecified atom stereocenters. The van der Waals surface area contributed by atoms with E-state index in [1.165, 1.54) is 24.4 Å². The molecule has 6 nitrogen and oxygen atoms in total. The lowest BCUT2D eigenvalue weighted by molar-refractivity contribution is 0.0695. The number of carbonyl (C=O) groups is 1. The van der Waals surface area contributed by atoms with Gasteiger partial charge in [0, 0.05) is 10.7 Å². The van der Waals surface area contributed by atoms with Crippen molar-refractivity contribution in [2.45, 2.75) is 11.8 Å². The third-order valence-electron chi connectivity index (χ3n) is 2.63. The number of aryl methyl sites for hydroxylation is 1. The number of hydrogen-bond donors (Lipinski definition) is 2. The average Bonchev–Trinajstić information content (AvgIpc) is 2.41. The Kier molecular flexibility index (Phi) is 4.29. The standard InChI is InChI=1S/C13H11BrN2O4S/c1-8-2-5-12(15-7-8)16-21(19,20)9-3-4-11(14)10(6-9)13(17)18/h2-7H,1H3,(H,15,16)(H,17,18). The number of aromatic carboxylic acids is 1.